The van der Waals surface area contributed by atoms with E-state index in [4.69, 9.17) is 13.3 Å². The van der Waals surface area contributed by atoms with Crippen LogP contribution in [0.25, 0.3) is 0 Å². The van der Waals surface area contributed by atoms with Gasteiger partial charge in [-0.2, -0.15) is 0 Å². The summed E-state index contributed by atoms with van der Waals surface area (Å²) in [4.78, 5) is 15.8. The summed E-state index contributed by atoms with van der Waals surface area (Å²) in [5, 5.41) is 5.47. The molecule has 0 saturated carbocycles. The Hall–Kier alpha value is -1.48. The molecule has 0 atom stereocenters. The number of amides is 2. The van der Waals surface area contributed by atoms with Gasteiger partial charge in [0.05, 0.1) is 0 Å². The third-order valence-corrected chi connectivity index (χ3v) is 6.10. The number of carbonyl (C=O) groups excluding carboxylic acids is 1. The maximum Gasteiger partial charge on any atom is 0.320 e. The first kappa shape index (κ1) is 19.6. The lowest BCUT2D eigenvalue weighted by molar-refractivity contribution is 0.0708. The van der Waals surface area contributed by atoms with Crippen LogP contribution in [0.15, 0.2) is 24.4 Å². The molecule has 0 spiro atoms. The van der Waals surface area contributed by atoms with Crippen molar-refractivity contribution in [3.8, 4) is 0 Å². The van der Waals surface area contributed by atoms with Gasteiger partial charge in [0, 0.05) is 32.6 Å². The van der Waals surface area contributed by atoms with Crippen LogP contribution in [-0.4, -0.2) is 46.2 Å². The molecule has 1 heterocycles. The second-order valence-electron chi connectivity index (χ2n) is 4.68. The van der Waals surface area contributed by atoms with Gasteiger partial charge >= 0.3 is 6.03 Å². The van der Waals surface area contributed by atoms with Gasteiger partial charge in [0.1, 0.15) is 5.82 Å². The Kier molecular flexibility index (Phi) is 9.45. The minimum Gasteiger partial charge on any atom is -0.525 e. The summed E-state index contributed by atoms with van der Waals surface area (Å²) in [5.74, 6) is 0.520. The number of hydrogen-bond donors (Lipinski definition) is 2. The van der Waals surface area contributed by atoms with Crippen molar-refractivity contribution in [3.05, 3.63) is 24.4 Å². The average Bonchev–Trinajstić information content (AvgIpc) is 2.53. The molecule has 131 valence electrons. The van der Waals surface area contributed by atoms with Gasteiger partial charge in [-0.1, -0.05) is 18.5 Å². The van der Waals surface area contributed by atoms with Crippen molar-refractivity contribution in [1.29, 1.82) is 0 Å². The van der Waals surface area contributed by atoms with Crippen molar-refractivity contribution in [1.82, 2.24) is 10.3 Å². The molecule has 0 aliphatic rings. The van der Waals surface area contributed by atoms with Crippen molar-refractivity contribution in [2.75, 3.05) is 31.7 Å². The van der Waals surface area contributed by atoms with Crippen LogP contribution in [-0.2, 0) is 13.3 Å². The van der Waals surface area contributed by atoms with Crippen LogP contribution in [0, 0.1) is 0 Å². The molecule has 0 unspecified atom stereocenters. The first-order valence-electron chi connectivity index (χ1n) is 8.03. The predicted molar refractivity (Wildman–Crippen MR) is 91.3 cm³/mol. The fourth-order valence-electron chi connectivity index (χ4n) is 2.11. The van der Waals surface area contributed by atoms with Gasteiger partial charge in [0.2, 0.25) is 0 Å². The number of urea groups is 1. The Morgan fingerprint density at radius 1 is 1.13 bits per heavy atom. The lowest BCUT2D eigenvalue weighted by Gasteiger charge is -2.42. The first-order valence-corrected chi connectivity index (χ1v) is 9.96. The molecule has 2 N–H and O–H groups in total. The molecule has 1 aromatic heterocycles. The van der Waals surface area contributed by atoms with Gasteiger partial charge in [0.25, 0.3) is 8.80 Å². The molecule has 0 radical (unpaired) electrons. The molecule has 7 nitrogen and oxygen atoms in total. The van der Waals surface area contributed by atoms with E-state index in [9.17, 15) is 4.79 Å². The van der Waals surface area contributed by atoms with Gasteiger partial charge < -0.3 is 18.6 Å². The highest BCUT2D eigenvalue weighted by Crippen LogP contribution is 2.17. The van der Waals surface area contributed by atoms with Gasteiger partial charge in [-0.05, 0) is 32.9 Å². The molecule has 0 aliphatic carbocycles. The van der Waals surface area contributed by atoms with Crippen LogP contribution in [0.4, 0.5) is 10.6 Å². The van der Waals surface area contributed by atoms with Crippen LogP contribution in [0.2, 0.25) is 6.04 Å². The second kappa shape index (κ2) is 11.1. The summed E-state index contributed by atoms with van der Waals surface area (Å²) in [5.41, 5.74) is 0. The first-order chi connectivity index (χ1) is 11.2. The quantitative estimate of drug-likeness (QED) is 0.478. The standard InChI is InChI=1S/C15H27N3O4Si/c1-4-20-23(21-5-2,22-6-3)13-9-12-17-15(19)18-14-10-7-8-11-16-14/h7-8,10-11H,4-6,9,12-13H2,1-3H3,(H2,16,17,18,19)/q-1. The summed E-state index contributed by atoms with van der Waals surface area (Å²) in [7, 11) is -2.63. The topological polar surface area (TPSA) is 81.7 Å². The number of nitrogens with one attached hydrogen (secondary N) is 2. The van der Waals surface area contributed by atoms with Gasteiger partial charge in [0.15, 0.2) is 0 Å². The van der Waals surface area contributed by atoms with Gasteiger partial charge in [-0.3, -0.25) is 5.32 Å². The van der Waals surface area contributed by atoms with E-state index in [1.54, 1.807) is 18.3 Å². The zero-order chi connectivity index (χ0) is 17.0. The van der Waals surface area contributed by atoms with E-state index < -0.39 is 8.80 Å². The monoisotopic (exact) mass is 341 g/mol. The Labute approximate surface area is 139 Å². The molecule has 0 aromatic carbocycles. The van der Waals surface area contributed by atoms with Crippen molar-refractivity contribution >= 4 is 20.7 Å². The van der Waals surface area contributed by atoms with Crippen LogP contribution < -0.4 is 10.6 Å². The SMILES string of the molecule is CCO[Si-](CCCNC(=O)Nc1ccccn1)(OCC)OCC. The summed E-state index contributed by atoms with van der Waals surface area (Å²) >= 11 is 0. The van der Waals surface area contributed by atoms with E-state index in [0.717, 1.165) is 6.42 Å². The summed E-state index contributed by atoms with van der Waals surface area (Å²) in [6.45, 7) is 7.97. The van der Waals surface area contributed by atoms with Crippen molar-refractivity contribution < 1.29 is 18.1 Å². The molecule has 0 fully saturated rings. The molecule has 2 amide bonds. The molecular formula is C15H27N3O4Si-. The smallest absolute Gasteiger partial charge is 0.320 e. The van der Waals surface area contributed by atoms with Crippen LogP contribution in [0.5, 0.6) is 0 Å². The number of pyridine rings is 1. The third kappa shape index (κ3) is 7.55. The maximum atomic E-state index is 11.8. The molecule has 0 saturated heterocycles. The highest BCUT2D eigenvalue weighted by molar-refractivity contribution is 6.60. The molecule has 0 bridgehead atoms. The number of hydrogen-bond acceptors (Lipinski definition) is 5. The minimum absolute atomic E-state index is 0.278. The fourth-order valence-corrected chi connectivity index (χ4v) is 4.72. The largest absolute Gasteiger partial charge is 0.525 e. The number of anilines is 1. The number of aromatic nitrogens is 1. The van der Waals surface area contributed by atoms with Crippen molar-refractivity contribution in [3.63, 3.8) is 0 Å². The Morgan fingerprint density at radius 2 is 1.78 bits per heavy atom. The molecular weight excluding hydrogens is 314 g/mol. The second-order valence-corrected chi connectivity index (χ2v) is 7.41. The van der Waals surface area contributed by atoms with E-state index >= 15 is 0 Å². The zero-order valence-electron chi connectivity index (χ0n) is 14.1. The van der Waals surface area contributed by atoms with Crippen molar-refractivity contribution in [2.24, 2.45) is 0 Å². The highest BCUT2D eigenvalue weighted by Gasteiger charge is 2.24. The van der Waals surface area contributed by atoms with E-state index in [2.05, 4.69) is 15.6 Å². The van der Waals surface area contributed by atoms with Gasteiger partial charge in [-0.15, -0.1) is 0 Å². The number of nitrogens with zero attached hydrogens (tertiary/aromatic N) is 1. The van der Waals surface area contributed by atoms with Crippen molar-refractivity contribution in [2.45, 2.75) is 33.2 Å². The molecule has 1 aromatic rings. The number of rotatable bonds is 11. The van der Waals surface area contributed by atoms with E-state index in [-0.39, 0.29) is 6.03 Å². The fraction of sp³-hybridized carbons (Fsp3) is 0.600. The molecule has 8 heteroatoms. The molecule has 23 heavy (non-hydrogen) atoms. The highest BCUT2D eigenvalue weighted by atomic mass is 28.4. The Balaban J connectivity index is 2.36. The Morgan fingerprint density at radius 3 is 2.30 bits per heavy atom. The lowest BCUT2D eigenvalue weighted by atomic mass is 10.4. The summed E-state index contributed by atoms with van der Waals surface area (Å²) in [6, 6.07) is 5.74. The number of carbonyl (C=O) groups is 1. The van der Waals surface area contributed by atoms with E-state index in [1.807, 2.05) is 26.8 Å². The van der Waals surface area contributed by atoms with E-state index in [1.165, 1.54) is 0 Å². The van der Waals surface area contributed by atoms with Crippen LogP contribution >= 0.6 is 0 Å². The molecule has 0 aliphatic heterocycles. The summed E-state index contributed by atoms with van der Waals surface area (Å²) < 4.78 is 17.3. The predicted octanol–water partition coefficient (Wildman–Crippen LogP) is 2.64. The average molecular weight is 341 g/mol. The van der Waals surface area contributed by atoms with Crippen LogP contribution in [0.3, 0.4) is 0 Å². The van der Waals surface area contributed by atoms with Crippen LogP contribution in [0.1, 0.15) is 27.2 Å². The molecule has 1 rings (SSSR count). The summed E-state index contributed by atoms with van der Waals surface area (Å²) in [6.07, 6.45) is 2.35. The minimum atomic E-state index is -2.63. The third-order valence-electron chi connectivity index (χ3n) is 2.94. The zero-order valence-corrected chi connectivity index (χ0v) is 15.1. The normalized spacial score (nSPS) is 11.3. The maximum absolute atomic E-state index is 11.8. The Bertz CT molecular complexity index is 431. The lowest BCUT2D eigenvalue weighted by Crippen LogP contribution is -2.46. The van der Waals surface area contributed by atoms with Gasteiger partial charge in [-0.25, -0.2) is 9.78 Å². The van der Waals surface area contributed by atoms with E-state index in [0.29, 0.717) is 38.2 Å².